The zero-order valence-electron chi connectivity index (χ0n) is 12.9. The molecule has 1 aliphatic heterocycles. The lowest BCUT2D eigenvalue weighted by molar-refractivity contribution is -0.121. The van der Waals surface area contributed by atoms with Gasteiger partial charge >= 0.3 is 0 Å². The molecule has 2 amide bonds. The highest BCUT2D eigenvalue weighted by molar-refractivity contribution is 7.14. The van der Waals surface area contributed by atoms with Crippen LogP contribution < -0.4 is 11.1 Å². The second kappa shape index (κ2) is 6.52. The Kier molecular flexibility index (Phi) is 4.45. The second-order valence-corrected chi connectivity index (χ2v) is 6.60. The molecule has 0 saturated heterocycles. The molecule has 6 heteroatoms. The third-order valence-electron chi connectivity index (χ3n) is 4.25. The van der Waals surface area contributed by atoms with E-state index < -0.39 is 5.91 Å². The van der Waals surface area contributed by atoms with Crippen molar-refractivity contribution < 1.29 is 9.59 Å². The van der Waals surface area contributed by atoms with Gasteiger partial charge in [0.1, 0.15) is 5.00 Å². The van der Waals surface area contributed by atoms with Gasteiger partial charge in [0.05, 0.1) is 11.6 Å². The van der Waals surface area contributed by atoms with E-state index in [2.05, 4.69) is 22.3 Å². The molecule has 1 aromatic carbocycles. The molecule has 1 atom stereocenters. The van der Waals surface area contributed by atoms with E-state index in [0.717, 1.165) is 19.5 Å². The number of nitrogens with zero attached hydrogens (tertiary/aromatic N) is 1. The number of nitrogens with two attached hydrogens (primary N) is 1. The van der Waals surface area contributed by atoms with Gasteiger partial charge < -0.3 is 11.1 Å². The van der Waals surface area contributed by atoms with Crippen LogP contribution in [0.2, 0.25) is 0 Å². The van der Waals surface area contributed by atoms with Crippen LogP contribution in [0.5, 0.6) is 0 Å². The Morgan fingerprint density at radius 2 is 2.00 bits per heavy atom. The zero-order valence-corrected chi connectivity index (χ0v) is 13.7. The van der Waals surface area contributed by atoms with Crippen LogP contribution in [0.15, 0.2) is 35.7 Å². The maximum Gasteiger partial charge on any atom is 0.251 e. The summed E-state index contributed by atoms with van der Waals surface area (Å²) < 4.78 is 0. The smallest absolute Gasteiger partial charge is 0.251 e. The Labute approximate surface area is 139 Å². The SMILES string of the molecule is C[C@H](C(=O)Nc1sccc1C(N)=O)N1CCc2ccccc2C1. The topological polar surface area (TPSA) is 75.4 Å². The molecule has 23 heavy (non-hydrogen) atoms. The fourth-order valence-electron chi connectivity index (χ4n) is 2.83. The molecule has 0 saturated carbocycles. The third kappa shape index (κ3) is 3.28. The highest BCUT2D eigenvalue weighted by Gasteiger charge is 2.26. The summed E-state index contributed by atoms with van der Waals surface area (Å²) in [7, 11) is 0. The molecule has 3 rings (SSSR count). The Balaban J connectivity index is 1.69. The van der Waals surface area contributed by atoms with Crippen LogP contribution in [0.25, 0.3) is 0 Å². The number of fused-ring (bicyclic) bond motifs is 1. The predicted molar refractivity (Wildman–Crippen MR) is 91.5 cm³/mol. The van der Waals surface area contributed by atoms with Crippen LogP contribution >= 0.6 is 11.3 Å². The molecule has 0 bridgehead atoms. The van der Waals surface area contributed by atoms with E-state index >= 15 is 0 Å². The summed E-state index contributed by atoms with van der Waals surface area (Å²) in [6.07, 6.45) is 0.944. The molecule has 0 aliphatic carbocycles. The molecule has 1 aliphatic rings. The van der Waals surface area contributed by atoms with Gasteiger partial charge in [0.25, 0.3) is 5.91 Å². The van der Waals surface area contributed by atoms with Gasteiger partial charge in [-0.25, -0.2) is 0 Å². The number of primary amides is 1. The van der Waals surface area contributed by atoms with Crippen molar-refractivity contribution in [3.63, 3.8) is 0 Å². The molecule has 0 radical (unpaired) electrons. The first-order chi connectivity index (χ1) is 11.1. The third-order valence-corrected chi connectivity index (χ3v) is 5.08. The number of hydrogen-bond donors (Lipinski definition) is 2. The van der Waals surface area contributed by atoms with Gasteiger partial charge in [-0.1, -0.05) is 24.3 Å². The molecule has 120 valence electrons. The zero-order chi connectivity index (χ0) is 16.4. The van der Waals surface area contributed by atoms with E-state index in [1.54, 1.807) is 11.4 Å². The predicted octanol–water partition coefficient (Wildman–Crippen LogP) is 2.23. The van der Waals surface area contributed by atoms with Gasteiger partial charge in [0, 0.05) is 13.1 Å². The lowest BCUT2D eigenvalue weighted by atomic mass is 9.99. The van der Waals surface area contributed by atoms with Crippen molar-refractivity contribution in [3.05, 3.63) is 52.4 Å². The van der Waals surface area contributed by atoms with Crippen molar-refractivity contribution in [2.45, 2.75) is 25.9 Å². The highest BCUT2D eigenvalue weighted by atomic mass is 32.1. The molecule has 5 nitrogen and oxygen atoms in total. The van der Waals surface area contributed by atoms with E-state index in [1.807, 2.05) is 19.1 Å². The second-order valence-electron chi connectivity index (χ2n) is 5.68. The first-order valence-electron chi connectivity index (χ1n) is 7.55. The van der Waals surface area contributed by atoms with Gasteiger partial charge in [-0.3, -0.25) is 14.5 Å². The first kappa shape index (κ1) is 15.7. The minimum absolute atomic E-state index is 0.116. The summed E-state index contributed by atoms with van der Waals surface area (Å²) >= 11 is 1.31. The molecule has 0 fully saturated rings. The van der Waals surface area contributed by atoms with E-state index in [0.29, 0.717) is 10.6 Å². The average Bonchev–Trinajstić information content (AvgIpc) is 3.02. The number of thiophene rings is 1. The van der Waals surface area contributed by atoms with Crippen LogP contribution in [0.3, 0.4) is 0 Å². The number of nitrogens with one attached hydrogen (secondary N) is 1. The normalized spacial score (nSPS) is 15.7. The molecule has 3 N–H and O–H groups in total. The van der Waals surface area contributed by atoms with Gasteiger partial charge in [-0.05, 0) is 35.9 Å². The molecular weight excluding hydrogens is 310 g/mol. The van der Waals surface area contributed by atoms with Crippen LogP contribution in [-0.4, -0.2) is 29.3 Å². The van der Waals surface area contributed by atoms with E-state index in [-0.39, 0.29) is 11.9 Å². The van der Waals surface area contributed by atoms with Gasteiger partial charge in [-0.15, -0.1) is 11.3 Å². The number of hydrogen-bond acceptors (Lipinski definition) is 4. The fourth-order valence-corrected chi connectivity index (χ4v) is 3.63. The Hall–Kier alpha value is -2.18. The van der Waals surface area contributed by atoms with Crippen molar-refractivity contribution in [2.24, 2.45) is 5.73 Å². The first-order valence-corrected chi connectivity index (χ1v) is 8.43. The summed E-state index contributed by atoms with van der Waals surface area (Å²) in [4.78, 5) is 26.0. The number of rotatable bonds is 4. The molecule has 1 aromatic heterocycles. The Bertz CT molecular complexity index is 741. The fraction of sp³-hybridized carbons (Fsp3) is 0.294. The average molecular weight is 329 g/mol. The van der Waals surface area contributed by atoms with Gasteiger partial charge in [0.2, 0.25) is 5.91 Å². The molecule has 0 unspecified atom stereocenters. The van der Waals surface area contributed by atoms with Crippen molar-refractivity contribution in [1.82, 2.24) is 4.90 Å². The largest absolute Gasteiger partial charge is 0.366 e. The molecular formula is C17H19N3O2S. The molecule has 2 aromatic rings. The van der Waals surface area contributed by atoms with Gasteiger partial charge in [-0.2, -0.15) is 0 Å². The maximum atomic E-state index is 12.5. The number of anilines is 1. The van der Waals surface area contributed by atoms with Crippen molar-refractivity contribution >= 4 is 28.2 Å². The van der Waals surface area contributed by atoms with Gasteiger partial charge in [0.15, 0.2) is 0 Å². The summed E-state index contributed by atoms with van der Waals surface area (Å²) in [6, 6.07) is 9.68. The standard InChI is InChI=1S/C17H19N3O2S/c1-11(16(22)19-17-14(15(18)21)7-9-23-17)20-8-6-12-4-2-3-5-13(12)10-20/h2-5,7,9,11H,6,8,10H2,1H3,(H2,18,21)(H,19,22)/t11-/m1/s1. The van der Waals surface area contributed by atoms with Crippen molar-refractivity contribution in [2.75, 3.05) is 11.9 Å². The van der Waals surface area contributed by atoms with Crippen LogP contribution in [0.1, 0.15) is 28.4 Å². The number of carbonyl (C=O) groups is 2. The van der Waals surface area contributed by atoms with E-state index in [9.17, 15) is 9.59 Å². The van der Waals surface area contributed by atoms with E-state index in [4.69, 9.17) is 5.73 Å². The monoisotopic (exact) mass is 329 g/mol. The summed E-state index contributed by atoms with van der Waals surface area (Å²) in [5.74, 6) is -0.643. The lowest BCUT2D eigenvalue weighted by Crippen LogP contribution is -2.44. The Morgan fingerprint density at radius 3 is 2.74 bits per heavy atom. The highest BCUT2D eigenvalue weighted by Crippen LogP contribution is 2.24. The van der Waals surface area contributed by atoms with Crippen molar-refractivity contribution in [3.8, 4) is 0 Å². The minimum Gasteiger partial charge on any atom is -0.366 e. The van der Waals surface area contributed by atoms with Crippen molar-refractivity contribution in [1.29, 1.82) is 0 Å². The Morgan fingerprint density at radius 1 is 1.26 bits per heavy atom. The summed E-state index contributed by atoms with van der Waals surface area (Å²) in [6.45, 7) is 3.50. The van der Waals surface area contributed by atoms with Crippen LogP contribution in [-0.2, 0) is 17.8 Å². The van der Waals surface area contributed by atoms with Crippen LogP contribution in [0.4, 0.5) is 5.00 Å². The molecule has 0 spiro atoms. The van der Waals surface area contributed by atoms with E-state index in [1.165, 1.54) is 22.5 Å². The maximum absolute atomic E-state index is 12.5. The minimum atomic E-state index is -0.527. The summed E-state index contributed by atoms with van der Waals surface area (Å²) in [5.41, 5.74) is 8.30. The number of benzene rings is 1. The molecule has 2 heterocycles. The summed E-state index contributed by atoms with van der Waals surface area (Å²) in [5, 5.41) is 5.10. The quantitative estimate of drug-likeness (QED) is 0.903. The number of carbonyl (C=O) groups excluding carboxylic acids is 2. The number of amides is 2. The lowest BCUT2D eigenvalue weighted by Gasteiger charge is -2.32. The van der Waals surface area contributed by atoms with Crippen LogP contribution in [0, 0.1) is 0 Å².